The topological polar surface area (TPSA) is 78.8 Å². The first-order valence-electron chi connectivity index (χ1n) is 7.24. The number of carboxylic acid groups (broad SMARTS) is 1. The van der Waals surface area contributed by atoms with Gasteiger partial charge < -0.3 is 20.3 Å². The number of phenolic OH excluding ortho intramolecular Hbond substituents is 1. The van der Waals surface area contributed by atoms with E-state index in [4.69, 9.17) is 4.74 Å². The van der Waals surface area contributed by atoms with Crippen LogP contribution in [-0.2, 0) is 4.79 Å². The first-order chi connectivity index (χ1) is 11.0. The van der Waals surface area contributed by atoms with Crippen LogP contribution in [0.4, 0.5) is 10.1 Å². The summed E-state index contributed by atoms with van der Waals surface area (Å²) in [5, 5.41) is 22.2. The summed E-state index contributed by atoms with van der Waals surface area (Å²) in [6.45, 7) is 1.83. The summed E-state index contributed by atoms with van der Waals surface area (Å²) in [4.78, 5) is 11.6. The van der Waals surface area contributed by atoms with Crippen molar-refractivity contribution in [3.8, 4) is 11.5 Å². The number of carbonyl (C=O) groups is 1. The average Bonchev–Trinajstić information content (AvgIpc) is 2.84. The molecule has 5 nitrogen and oxygen atoms in total. The smallest absolute Gasteiger partial charge is 0.330 e. The number of carboxylic acids is 1. The SMILES string of the molecule is Cc1cc(O)cc2c1C1c3cc(F)ccc3OC1C(C(=O)O)N2. The van der Waals surface area contributed by atoms with Crippen LogP contribution in [0.3, 0.4) is 0 Å². The number of fused-ring (bicyclic) bond motifs is 5. The summed E-state index contributed by atoms with van der Waals surface area (Å²) in [5.41, 5.74) is 2.80. The molecule has 0 radical (unpaired) electrons. The molecule has 2 heterocycles. The van der Waals surface area contributed by atoms with Gasteiger partial charge in [-0.15, -0.1) is 0 Å². The highest BCUT2D eigenvalue weighted by Gasteiger charge is 2.48. The summed E-state index contributed by atoms with van der Waals surface area (Å²) in [6.07, 6.45) is -0.667. The molecule has 4 rings (SSSR count). The van der Waals surface area contributed by atoms with Crippen molar-refractivity contribution in [3.63, 3.8) is 0 Å². The first-order valence-corrected chi connectivity index (χ1v) is 7.24. The van der Waals surface area contributed by atoms with Gasteiger partial charge in [0.1, 0.15) is 23.4 Å². The minimum absolute atomic E-state index is 0.0507. The molecule has 0 saturated heterocycles. The molecule has 0 amide bonds. The Morgan fingerprint density at radius 3 is 2.83 bits per heavy atom. The highest BCUT2D eigenvalue weighted by molar-refractivity contribution is 5.82. The first kappa shape index (κ1) is 13.9. The number of aryl methyl sites for hydroxylation is 1. The third-order valence-electron chi connectivity index (χ3n) is 4.49. The molecule has 2 aliphatic rings. The van der Waals surface area contributed by atoms with Gasteiger partial charge in [-0.2, -0.15) is 0 Å². The van der Waals surface area contributed by atoms with Crippen molar-refractivity contribution >= 4 is 11.7 Å². The van der Waals surface area contributed by atoms with Gasteiger partial charge in [0.05, 0.1) is 5.92 Å². The van der Waals surface area contributed by atoms with Crippen molar-refractivity contribution in [2.75, 3.05) is 5.32 Å². The predicted octanol–water partition coefficient (Wildman–Crippen LogP) is 2.61. The van der Waals surface area contributed by atoms with Crippen molar-refractivity contribution in [3.05, 3.63) is 52.8 Å². The maximum atomic E-state index is 13.7. The molecule has 0 aromatic heterocycles. The molecular formula is C17H14FNO4. The van der Waals surface area contributed by atoms with E-state index in [1.54, 1.807) is 6.07 Å². The molecule has 2 aromatic rings. The lowest BCUT2D eigenvalue weighted by Crippen LogP contribution is -2.48. The molecule has 23 heavy (non-hydrogen) atoms. The van der Waals surface area contributed by atoms with E-state index in [9.17, 15) is 19.4 Å². The lowest BCUT2D eigenvalue weighted by molar-refractivity contribution is -0.140. The Bertz CT molecular complexity index is 836. The zero-order valence-corrected chi connectivity index (χ0v) is 12.2. The third-order valence-corrected chi connectivity index (χ3v) is 4.49. The van der Waals surface area contributed by atoms with Crippen molar-refractivity contribution in [2.45, 2.75) is 25.0 Å². The van der Waals surface area contributed by atoms with E-state index < -0.39 is 29.9 Å². The maximum absolute atomic E-state index is 13.7. The van der Waals surface area contributed by atoms with Crippen LogP contribution in [0, 0.1) is 12.7 Å². The van der Waals surface area contributed by atoms with Crippen molar-refractivity contribution in [1.82, 2.24) is 0 Å². The lowest BCUT2D eigenvalue weighted by Gasteiger charge is -2.34. The lowest BCUT2D eigenvalue weighted by atomic mass is 9.79. The standard InChI is InChI=1S/C17H14FNO4/c1-7-4-9(20)6-11-13(7)14-10-5-8(18)2-3-12(10)23-16(14)15(19-11)17(21)22/h2-6,14-16,19-20H,1H3,(H,21,22). The van der Waals surface area contributed by atoms with Gasteiger partial charge >= 0.3 is 5.97 Å². The summed E-state index contributed by atoms with van der Waals surface area (Å²) < 4.78 is 19.5. The van der Waals surface area contributed by atoms with Gasteiger partial charge in [0.25, 0.3) is 0 Å². The van der Waals surface area contributed by atoms with E-state index in [1.165, 1.54) is 24.3 Å². The molecule has 0 spiro atoms. The molecule has 0 saturated carbocycles. The van der Waals surface area contributed by atoms with Crippen LogP contribution in [0.25, 0.3) is 0 Å². The van der Waals surface area contributed by atoms with E-state index in [2.05, 4.69) is 5.32 Å². The second kappa shape index (κ2) is 4.62. The summed E-state index contributed by atoms with van der Waals surface area (Å²) >= 11 is 0. The Hall–Kier alpha value is -2.76. The number of anilines is 1. The number of nitrogens with one attached hydrogen (secondary N) is 1. The highest BCUT2D eigenvalue weighted by atomic mass is 19.1. The minimum Gasteiger partial charge on any atom is -0.508 e. The molecule has 3 N–H and O–H groups in total. The maximum Gasteiger partial charge on any atom is 0.330 e. The van der Waals surface area contributed by atoms with E-state index in [-0.39, 0.29) is 5.75 Å². The highest BCUT2D eigenvalue weighted by Crippen LogP contribution is 2.50. The van der Waals surface area contributed by atoms with Crippen LogP contribution in [0.15, 0.2) is 30.3 Å². The van der Waals surface area contributed by atoms with Crippen molar-refractivity contribution in [2.24, 2.45) is 0 Å². The Morgan fingerprint density at radius 2 is 2.09 bits per heavy atom. The van der Waals surface area contributed by atoms with Gasteiger partial charge in [-0.3, -0.25) is 0 Å². The molecule has 118 valence electrons. The molecule has 6 heteroatoms. The van der Waals surface area contributed by atoms with Gasteiger partial charge in [-0.1, -0.05) is 0 Å². The fourth-order valence-electron chi connectivity index (χ4n) is 3.61. The van der Waals surface area contributed by atoms with Gasteiger partial charge in [0.2, 0.25) is 0 Å². The van der Waals surface area contributed by atoms with Crippen LogP contribution in [0.1, 0.15) is 22.6 Å². The van der Waals surface area contributed by atoms with Crippen LogP contribution in [-0.4, -0.2) is 28.3 Å². The Balaban J connectivity index is 1.97. The number of benzene rings is 2. The average molecular weight is 315 g/mol. The quantitative estimate of drug-likeness (QED) is 0.754. The number of rotatable bonds is 1. The minimum atomic E-state index is -1.06. The number of phenols is 1. The molecule has 0 fully saturated rings. The molecule has 2 aromatic carbocycles. The number of hydrogen-bond donors (Lipinski definition) is 3. The van der Waals surface area contributed by atoms with Crippen molar-refractivity contribution < 1.29 is 24.1 Å². The Kier molecular flexibility index (Phi) is 2.78. The molecule has 0 aliphatic carbocycles. The molecule has 0 bridgehead atoms. The molecule has 2 aliphatic heterocycles. The van der Waals surface area contributed by atoms with E-state index in [0.717, 1.165) is 11.1 Å². The summed E-state index contributed by atoms with van der Waals surface area (Å²) in [6, 6.07) is 6.33. The fourth-order valence-corrected chi connectivity index (χ4v) is 3.61. The summed E-state index contributed by atoms with van der Waals surface area (Å²) in [7, 11) is 0. The van der Waals surface area contributed by atoms with Crippen LogP contribution in [0.2, 0.25) is 0 Å². The fraction of sp³-hybridized carbons (Fsp3) is 0.235. The number of hydrogen-bond acceptors (Lipinski definition) is 4. The summed E-state index contributed by atoms with van der Waals surface area (Å²) in [5.74, 6) is -1.29. The molecular weight excluding hydrogens is 301 g/mol. The number of ether oxygens (including phenoxy) is 1. The van der Waals surface area contributed by atoms with E-state index >= 15 is 0 Å². The third kappa shape index (κ3) is 1.94. The van der Waals surface area contributed by atoms with Gasteiger partial charge in [0, 0.05) is 17.3 Å². The zero-order chi connectivity index (χ0) is 16.3. The largest absolute Gasteiger partial charge is 0.508 e. The molecule has 3 atom stereocenters. The van der Waals surface area contributed by atoms with Gasteiger partial charge in [-0.05, 0) is 42.3 Å². The Labute approximate surface area is 131 Å². The number of aromatic hydroxyl groups is 1. The zero-order valence-electron chi connectivity index (χ0n) is 12.2. The second-order valence-electron chi connectivity index (χ2n) is 5.93. The van der Waals surface area contributed by atoms with Crippen LogP contribution in [0.5, 0.6) is 11.5 Å². The van der Waals surface area contributed by atoms with Crippen LogP contribution >= 0.6 is 0 Å². The van der Waals surface area contributed by atoms with Gasteiger partial charge in [-0.25, -0.2) is 9.18 Å². The molecule has 3 unspecified atom stereocenters. The van der Waals surface area contributed by atoms with Gasteiger partial charge in [0.15, 0.2) is 6.04 Å². The van der Waals surface area contributed by atoms with Crippen molar-refractivity contribution in [1.29, 1.82) is 0 Å². The van der Waals surface area contributed by atoms with E-state index in [0.29, 0.717) is 17.0 Å². The monoisotopic (exact) mass is 315 g/mol. The second-order valence-corrected chi connectivity index (χ2v) is 5.93. The van der Waals surface area contributed by atoms with Crippen LogP contribution < -0.4 is 10.1 Å². The number of aliphatic carboxylic acids is 1. The number of halogens is 1. The predicted molar refractivity (Wildman–Crippen MR) is 80.5 cm³/mol. The normalized spacial score (nSPS) is 24.0. The Morgan fingerprint density at radius 1 is 1.30 bits per heavy atom. The van der Waals surface area contributed by atoms with E-state index in [1.807, 2.05) is 6.92 Å².